The van der Waals surface area contributed by atoms with Crippen LogP contribution in [0.3, 0.4) is 0 Å². The molecule has 4 nitrogen and oxygen atoms in total. The molecule has 30 heavy (non-hydrogen) atoms. The summed E-state index contributed by atoms with van der Waals surface area (Å²) in [4.78, 5) is 17.3. The number of rotatable bonds is 4. The van der Waals surface area contributed by atoms with E-state index >= 15 is 0 Å². The van der Waals surface area contributed by atoms with Crippen LogP contribution in [0.1, 0.15) is 46.2 Å². The molecule has 148 valence electrons. The molecule has 1 saturated carbocycles. The maximum atomic E-state index is 6.17. The molecule has 1 fully saturated rings. The Bertz CT molecular complexity index is 1050. The lowest BCUT2D eigenvalue weighted by molar-refractivity contribution is 0.220. The first-order valence-corrected chi connectivity index (χ1v) is 10.5. The fourth-order valence-corrected chi connectivity index (χ4v) is 5.04. The second-order valence-electron chi connectivity index (χ2n) is 7.43. The summed E-state index contributed by atoms with van der Waals surface area (Å²) in [6.45, 7) is 0. The van der Waals surface area contributed by atoms with Crippen LogP contribution in [-0.4, -0.2) is 19.9 Å². The van der Waals surface area contributed by atoms with E-state index in [1.165, 1.54) is 11.1 Å². The van der Waals surface area contributed by atoms with E-state index in [0.717, 1.165) is 11.4 Å². The highest BCUT2D eigenvalue weighted by Crippen LogP contribution is 2.65. The molecule has 0 unspecified atom stereocenters. The number of hydrogen-bond acceptors (Lipinski definition) is 4. The lowest BCUT2D eigenvalue weighted by Gasteiger charge is -2.52. The average molecular weight is 433 g/mol. The van der Waals surface area contributed by atoms with Gasteiger partial charge in [0.05, 0.1) is 0 Å². The lowest BCUT2D eigenvalue weighted by atomic mass is 9.50. The SMILES string of the molecule is Clc1nccc(C2C(c3ccccc3)C(c3ccnc(Cl)n3)C2c2ccccc2)n1. The van der Waals surface area contributed by atoms with Crippen LogP contribution < -0.4 is 0 Å². The van der Waals surface area contributed by atoms with E-state index in [9.17, 15) is 0 Å². The Morgan fingerprint density at radius 1 is 0.500 bits per heavy atom. The van der Waals surface area contributed by atoms with E-state index in [4.69, 9.17) is 23.2 Å². The summed E-state index contributed by atoms with van der Waals surface area (Å²) in [7, 11) is 0. The first kappa shape index (κ1) is 19.2. The van der Waals surface area contributed by atoms with E-state index in [1.807, 2.05) is 24.3 Å². The van der Waals surface area contributed by atoms with Crippen molar-refractivity contribution in [1.29, 1.82) is 0 Å². The van der Waals surface area contributed by atoms with Crippen molar-refractivity contribution >= 4 is 23.2 Å². The van der Waals surface area contributed by atoms with Gasteiger partial charge in [0.15, 0.2) is 0 Å². The van der Waals surface area contributed by atoms with Crippen LogP contribution in [0.15, 0.2) is 85.2 Å². The second-order valence-corrected chi connectivity index (χ2v) is 8.10. The molecular formula is C24H18Cl2N4. The van der Waals surface area contributed by atoms with Crippen LogP contribution in [0.2, 0.25) is 10.6 Å². The first-order chi connectivity index (χ1) is 14.7. The van der Waals surface area contributed by atoms with Crippen LogP contribution in [0.5, 0.6) is 0 Å². The predicted octanol–water partition coefficient (Wildman–Crippen LogP) is 6.02. The summed E-state index contributed by atoms with van der Waals surface area (Å²) in [5, 5.41) is 0.527. The Kier molecular flexibility index (Phi) is 5.19. The molecule has 6 heteroatoms. The molecule has 0 amide bonds. The highest BCUT2D eigenvalue weighted by Gasteiger charge is 2.54. The second kappa shape index (κ2) is 8.13. The van der Waals surface area contributed by atoms with Crippen LogP contribution in [-0.2, 0) is 0 Å². The Hall–Kier alpha value is -2.82. The molecular weight excluding hydrogens is 415 g/mol. The standard InChI is InChI=1S/C24H18Cl2N4/c25-23-27-13-11-17(29-23)21-19(15-7-3-1-4-8-15)22(18-12-14-28-24(26)30-18)20(21)16-9-5-2-6-10-16/h1-14,19-22H. The van der Waals surface area contributed by atoms with Gasteiger partial charge in [-0.2, -0.15) is 0 Å². The largest absolute Gasteiger partial charge is 0.227 e. The van der Waals surface area contributed by atoms with Gasteiger partial charge in [0.2, 0.25) is 10.6 Å². The van der Waals surface area contributed by atoms with Crippen molar-refractivity contribution in [2.45, 2.75) is 23.7 Å². The Balaban J connectivity index is 1.69. The van der Waals surface area contributed by atoms with Crippen LogP contribution in [0.4, 0.5) is 0 Å². The Labute approximate surface area is 185 Å². The van der Waals surface area contributed by atoms with Gasteiger partial charge in [0.25, 0.3) is 0 Å². The molecule has 0 radical (unpaired) electrons. The fourth-order valence-electron chi connectivity index (χ4n) is 4.73. The molecule has 1 aliphatic carbocycles. The van der Waals surface area contributed by atoms with Gasteiger partial charge in [-0.3, -0.25) is 0 Å². The monoisotopic (exact) mass is 432 g/mol. The quantitative estimate of drug-likeness (QED) is 0.369. The summed E-state index contributed by atoms with van der Waals surface area (Å²) in [6.07, 6.45) is 3.45. The molecule has 1 aliphatic rings. The molecule has 0 aliphatic heterocycles. The molecule has 0 bridgehead atoms. The molecule has 2 aromatic carbocycles. The van der Waals surface area contributed by atoms with Crippen LogP contribution in [0, 0.1) is 0 Å². The molecule has 0 atom stereocenters. The third-order valence-electron chi connectivity index (χ3n) is 5.90. The number of hydrogen-bond donors (Lipinski definition) is 0. The van der Waals surface area contributed by atoms with Gasteiger partial charge < -0.3 is 0 Å². The first-order valence-electron chi connectivity index (χ1n) is 9.79. The summed E-state index contributed by atoms with van der Waals surface area (Å²) in [5.74, 6) is 0.616. The fraction of sp³-hybridized carbons (Fsp3) is 0.167. The summed E-state index contributed by atoms with van der Waals surface area (Å²) in [6, 6.07) is 24.9. The zero-order valence-electron chi connectivity index (χ0n) is 15.9. The smallest absolute Gasteiger partial charge is 0.222 e. The lowest BCUT2D eigenvalue weighted by Crippen LogP contribution is -2.41. The van der Waals surface area contributed by atoms with Crippen molar-refractivity contribution < 1.29 is 0 Å². The highest BCUT2D eigenvalue weighted by molar-refractivity contribution is 6.28. The third kappa shape index (κ3) is 3.47. The molecule has 0 spiro atoms. The minimum Gasteiger partial charge on any atom is -0.227 e. The van der Waals surface area contributed by atoms with Crippen molar-refractivity contribution in [2.75, 3.05) is 0 Å². The van der Waals surface area contributed by atoms with Crippen molar-refractivity contribution in [1.82, 2.24) is 19.9 Å². The molecule has 2 heterocycles. The summed E-state index contributed by atoms with van der Waals surface area (Å²) < 4.78 is 0. The van der Waals surface area contributed by atoms with Gasteiger partial charge in [-0.15, -0.1) is 0 Å². The molecule has 2 aromatic heterocycles. The van der Waals surface area contributed by atoms with E-state index in [1.54, 1.807) is 12.4 Å². The Morgan fingerprint density at radius 2 is 0.900 bits per heavy atom. The number of aromatic nitrogens is 4. The molecule has 0 saturated heterocycles. The number of benzene rings is 2. The Morgan fingerprint density at radius 3 is 1.27 bits per heavy atom. The van der Waals surface area contributed by atoms with Gasteiger partial charge in [-0.05, 0) is 46.5 Å². The van der Waals surface area contributed by atoms with Crippen molar-refractivity contribution in [3.05, 3.63) is 118 Å². The van der Waals surface area contributed by atoms with Crippen molar-refractivity contribution in [3.63, 3.8) is 0 Å². The number of halogens is 2. The maximum Gasteiger partial charge on any atom is 0.222 e. The molecule has 5 rings (SSSR count). The van der Waals surface area contributed by atoms with Gasteiger partial charge in [0, 0.05) is 47.5 Å². The van der Waals surface area contributed by atoms with Crippen LogP contribution in [0.25, 0.3) is 0 Å². The third-order valence-corrected chi connectivity index (χ3v) is 6.26. The topological polar surface area (TPSA) is 51.6 Å². The van der Waals surface area contributed by atoms with Crippen LogP contribution >= 0.6 is 23.2 Å². The summed E-state index contributed by atoms with van der Waals surface area (Å²) >= 11 is 12.3. The van der Waals surface area contributed by atoms with Crippen molar-refractivity contribution in [3.8, 4) is 0 Å². The van der Waals surface area contributed by atoms with Gasteiger partial charge in [0.1, 0.15) is 0 Å². The molecule has 4 aromatic rings. The zero-order chi connectivity index (χ0) is 20.5. The van der Waals surface area contributed by atoms with Crippen molar-refractivity contribution in [2.24, 2.45) is 0 Å². The zero-order valence-corrected chi connectivity index (χ0v) is 17.4. The summed E-state index contributed by atoms with van der Waals surface area (Å²) in [5.41, 5.74) is 4.36. The van der Waals surface area contributed by atoms with E-state index in [2.05, 4.69) is 68.5 Å². The maximum absolute atomic E-state index is 6.17. The minimum atomic E-state index is 0.133. The average Bonchev–Trinajstić information content (AvgIpc) is 2.75. The van der Waals surface area contributed by atoms with E-state index in [-0.39, 0.29) is 34.2 Å². The van der Waals surface area contributed by atoms with Gasteiger partial charge >= 0.3 is 0 Å². The van der Waals surface area contributed by atoms with Gasteiger partial charge in [-0.1, -0.05) is 60.7 Å². The molecule has 0 N–H and O–H groups in total. The normalized spacial score (nSPS) is 23.0. The van der Waals surface area contributed by atoms with E-state index in [0.29, 0.717) is 0 Å². The number of nitrogens with zero attached hydrogens (tertiary/aromatic N) is 4. The van der Waals surface area contributed by atoms with E-state index < -0.39 is 0 Å². The van der Waals surface area contributed by atoms with Gasteiger partial charge in [-0.25, -0.2) is 19.9 Å². The predicted molar refractivity (Wildman–Crippen MR) is 118 cm³/mol. The minimum absolute atomic E-state index is 0.133. The highest BCUT2D eigenvalue weighted by atomic mass is 35.5.